The summed E-state index contributed by atoms with van der Waals surface area (Å²) in [6.07, 6.45) is 1.03. The van der Waals surface area contributed by atoms with Crippen LogP contribution in [0.4, 0.5) is 4.39 Å². The van der Waals surface area contributed by atoms with Gasteiger partial charge in [-0.2, -0.15) is 5.26 Å². The lowest BCUT2D eigenvalue weighted by Gasteiger charge is -2.07. The van der Waals surface area contributed by atoms with E-state index in [-0.39, 0.29) is 28.2 Å². The first kappa shape index (κ1) is 16.6. The van der Waals surface area contributed by atoms with Crippen LogP contribution in [0.2, 0.25) is 0 Å². The molecule has 0 aliphatic carbocycles. The number of nitrogens with zero attached hydrogens (tertiary/aromatic N) is 1. The maximum atomic E-state index is 13.6. The second-order valence-electron chi connectivity index (χ2n) is 4.79. The maximum absolute atomic E-state index is 13.6. The Balaban J connectivity index is 2.16. The van der Waals surface area contributed by atoms with Gasteiger partial charge in [0.1, 0.15) is 12.4 Å². The largest absolute Gasteiger partial charge is 0.457 e. The van der Waals surface area contributed by atoms with Gasteiger partial charge in [-0.1, -0.05) is 6.07 Å². The fraction of sp³-hybridized carbons (Fsp3) is 0.125. The molecule has 0 amide bonds. The van der Waals surface area contributed by atoms with Gasteiger partial charge in [-0.3, -0.25) is 0 Å². The second kappa shape index (κ2) is 6.58. The summed E-state index contributed by atoms with van der Waals surface area (Å²) in [5.41, 5.74) is 0.359. The van der Waals surface area contributed by atoms with Crippen LogP contribution in [0.25, 0.3) is 0 Å². The van der Waals surface area contributed by atoms with Crippen LogP contribution in [0.15, 0.2) is 47.4 Å². The summed E-state index contributed by atoms with van der Waals surface area (Å²) in [7, 11) is -3.45. The van der Waals surface area contributed by atoms with E-state index in [1.54, 1.807) is 0 Å². The second-order valence-corrected chi connectivity index (χ2v) is 6.81. The quantitative estimate of drug-likeness (QED) is 0.803. The summed E-state index contributed by atoms with van der Waals surface area (Å²) in [4.78, 5) is 11.9. The van der Waals surface area contributed by atoms with E-state index < -0.39 is 21.6 Å². The number of hydrogen-bond donors (Lipinski definition) is 0. The molecule has 0 bridgehead atoms. The molecule has 0 saturated carbocycles. The lowest BCUT2D eigenvalue weighted by molar-refractivity contribution is 0.0468. The molecular weight excluding hydrogens is 321 g/mol. The molecule has 5 nitrogen and oxygen atoms in total. The van der Waals surface area contributed by atoms with Crippen LogP contribution in [0.5, 0.6) is 0 Å². The molecule has 0 radical (unpaired) electrons. The summed E-state index contributed by atoms with van der Waals surface area (Å²) >= 11 is 0. The van der Waals surface area contributed by atoms with Crippen molar-refractivity contribution in [2.75, 3.05) is 6.26 Å². The van der Waals surface area contributed by atoms with Crippen LogP contribution < -0.4 is 0 Å². The van der Waals surface area contributed by atoms with E-state index >= 15 is 0 Å². The molecule has 2 aromatic carbocycles. The van der Waals surface area contributed by atoms with E-state index in [9.17, 15) is 17.6 Å². The normalized spacial score (nSPS) is 10.8. The SMILES string of the molecule is CS(=O)(=O)c1cccc(C(=O)OCc2cc(C#N)ccc2F)c1. The summed E-state index contributed by atoms with van der Waals surface area (Å²) in [5, 5.41) is 8.78. The lowest BCUT2D eigenvalue weighted by Crippen LogP contribution is -2.08. The number of ether oxygens (including phenoxy) is 1. The van der Waals surface area contributed by atoms with Crippen molar-refractivity contribution in [3.05, 3.63) is 65.0 Å². The number of hydrogen-bond acceptors (Lipinski definition) is 5. The van der Waals surface area contributed by atoms with Crippen LogP contribution in [-0.4, -0.2) is 20.6 Å². The number of benzene rings is 2. The summed E-state index contributed by atoms with van der Waals surface area (Å²) < 4.78 is 41.5. The highest BCUT2D eigenvalue weighted by Gasteiger charge is 2.14. The highest BCUT2D eigenvalue weighted by Crippen LogP contribution is 2.15. The van der Waals surface area contributed by atoms with Gasteiger partial charge in [0.25, 0.3) is 0 Å². The Morgan fingerprint density at radius 1 is 1.26 bits per heavy atom. The molecule has 0 saturated heterocycles. The maximum Gasteiger partial charge on any atom is 0.338 e. The van der Waals surface area contributed by atoms with Crippen molar-refractivity contribution in [3.8, 4) is 6.07 Å². The molecular formula is C16H12FNO4S. The van der Waals surface area contributed by atoms with Gasteiger partial charge in [0.15, 0.2) is 9.84 Å². The van der Waals surface area contributed by atoms with Crippen molar-refractivity contribution < 1.29 is 22.3 Å². The third-order valence-corrected chi connectivity index (χ3v) is 4.14. The highest BCUT2D eigenvalue weighted by atomic mass is 32.2. The van der Waals surface area contributed by atoms with Crippen LogP contribution in [0.1, 0.15) is 21.5 Å². The zero-order chi connectivity index (χ0) is 17.0. The standard InChI is InChI=1S/C16H12FNO4S/c1-23(20,21)14-4-2-3-12(8-14)16(19)22-10-13-7-11(9-18)5-6-15(13)17/h2-8H,10H2,1H3. The molecule has 118 valence electrons. The molecule has 7 heteroatoms. The number of carbonyl (C=O) groups excluding carboxylic acids is 1. The van der Waals surface area contributed by atoms with Gasteiger partial charge in [-0.15, -0.1) is 0 Å². The molecule has 2 rings (SSSR count). The molecule has 0 fully saturated rings. The van der Waals surface area contributed by atoms with E-state index in [0.717, 1.165) is 12.3 Å². The van der Waals surface area contributed by atoms with E-state index in [1.807, 2.05) is 6.07 Å². The Kier molecular flexibility index (Phi) is 4.77. The van der Waals surface area contributed by atoms with Crippen LogP contribution >= 0.6 is 0 Å². The Morgan fingerprint density at radius 2 is 2.00 bits per heavy atom. The van der Waals surface area contributed by atoms with Crippen LogP contribution in [0.3, 0.4) is 0 Å². The molecule has 0 aromatic heterocycles. The first-order valence-electron chi connectivity index (χ1n) is 6.47. The Hall–Kier alpha value is -2.72. The van der Waals surface area contributed by atoms with E-state index in [4.69, 9.17) is 10.00 Å². The van der Waals surface area contributed by atoms with Crippen molar-refractivity contribution in [2.45, 2.75) is 11.5 Å². The minimum absolute atomic E-state index is 0.00962. The van der Waals surface area contributed by atoms with E-state index in [1.165, 1.54) is 36.4 Å². The molecule has 0 unspecified atom stereocenters. The Morgan fingerprint density at radius 3 is 2.65 bits per heavy atom. The predicted molar refractivity (Wildman–Crippen MR) is 79.8 cm³/mol. The van der Waals surface area contributed by atoms with Gasteiger partial charge in [-0.05, 0) is 36.4 Å². The fourth-order valence-electron chi connectivity index (χ4n) is 1.84. The first-order valence-corrected chi connectivity index (χ1v) is 8.36. The van der Waals surface area contributed by atoms with Crippen molar-refractivity contribution in [3.63, 3.8) is 0 Å². The fourth-order valence-corrected chi connectivity index (χ4v) is 2.50. The van der Waals surface area contributed by atoms with Crippen molar-refractivity contribution in [2.24, 2.45) is 0 Å². The molecule has 0 spiro atoms. The predicted octanol–water partition coefficient (Wildman–Crippen LogP) is 2.46. The minimum atomic E-state index is -3.45. The van der Waals surface area contributed by atoms with Crippen molar-refractivity contribution >= 4 is 15.8 Å². The molecule has 0 atom stereocenters. The van der Waals surface area contributed by atoms with Gasteiger partial charge >= 0.3 is 5.97 Å². The summed E-state index contributed by atoms with van der Waals surface area (Å²) in [5.74, 6) is -1.38. The number of carbonyl (C=O) groups is 1. The number of esters is 1. The average molecular weight is 333 g/mol. The molecule has 0 aliphatic heterocycles. The summed E-state index contributed by atoms with van der Waals surface area (Å²) in [6, 6.07) is 11.0. The van der Waals surface area contributed by atoms with Crippen molar-refractivity contribution in [1.82, 2.24) is 0 Å². The van der Waals surface area contributed by atoms with Gasteiger partial charge in [0.05, 0.1) is 22.1 Å². The third kappa shape index (κ3) is 4.14. The van der Waals surface area contributed by atoms with E-state index in [2.05, 4.69) is 0 Å². The average Bonchev–Trinajstić information content (AvgIpc) is 2.53. The van der Waals surface area contributed by atoms with Gasteiger partial charge < -0.3 is 4.74 Å². The third-order valence-electron chi connectivity index (χ3n) is 3.03. The minimum Gasteiger partial charge on any atom is -0.457 e. The van der Waals surface area contributed by atoms with Crippen molar-refractivity contribution in [1.29, 1.82) is 5.26 Å². The number of nitriles is 1. The highest BCUT2D eigenvalue weighted by molar-refractivity contribution is 7.90. The number of rotatable bonds is 4. The molecule has 0 N–H and O–H groups in total. The topological polar surface area (TPSA) is 84.2 Å². The first-order chi connectivity index (χ1) is 10.8. The zero-order valence-electron chi connectivity index (χ0n) is 12.1. The smallest absolute Gasteiger partial charge is 0.338 e. The van der Waals surface area contributed by atoms with Gasteiger partial charge in [0, 0.05) is 11.8 Å². The number of sulfone groups is 1. The van der Waals surface area contributed by atoms with Gasteiger partial charge in [0.2, 0.25) is 0 Å². The molecule has 2 aromatic rings. The zero-order valence-corrected chi connectivity index (χ0v) is 12.9. The Bertz CT molecular complexity index is 901. The van der Waals surface area contributed by atoms with E-state index in [0.29, 0.717) is 0 Å². The van der Waals surface area contributed by atoms with Crippen LogP contribution in [0, 0.1) is 17.1 Å². The molecule has 0 heterocycles. The molecule has 0 aliphatic rings. The lowest BCUT2D eigenvalue weighted by atomic mass is 10.1. The Labute approximate surface area is 132 Å². The van der Waals surface area contributed by atoms with Gasteiger partial charge in [-0.25, -0.2) is 17.6 Å². The monoisotopic (exact) mass is 333 g/mol. The molecule has 23 heavy (non-hydrogen) atoms. The number of halogens is 1. The van der Waals surface area contributed by atoms with Crippen LogP contribution in [-0.2, 0) is 21.2 Å². The summed E-state index contributed by atoms with van der Waals surface area (Å²) in [6.45, 7) is -0.358.